The number of nitrogens with one attached hydrogen (secondary N) is 4. The number of carbonyl (C=O) groups is 5. The molecular weight excluding hydrogens is 937 g/mol. The van der Waals surface area contributed by atoms with Gasteiger partial charge in [-0.15, -0.1) is 0 Å². The highest BCUT2D eigenvalue weighted by molar-refractivity contribution is 6.47. The zero-order valence-electron chi connectivity index (χ0n) is 41.8. The minimum Gasteiger partial charge on any atom is -0.507 e. The topological polar surface area (TPSA) is 237 Å². The smallest absolute Gasteiger partial charge is 0.481 e. The van der Waals surface area contributed by atoms with E-state index in [0.29, 0.717) is 69.8 Å². The molecule has 4 aromatic carbocycles. The van der Waals surface area contributed by atoms with Gasteiger partial charge >= 0.3 is 7.12 Å². The van der Waals surface area contributed by atoms with E-state index in [1.54, 1.807) is 66.7 Å². The average molecular weight is 1000 g/mol. The number of aromatic hydroxyl groups is 1. The van der Waals surface area contributed by atoms with Crippen molar-refractivity contribution >= 4 is 48.3 Å². The van der Waals surface area contributed by atoms with Crippen molar-refractivity contribution in [2.45, 2.75) is 115 Å². The van der Waals surface area contributed by atoms with Gasteiger partial charge < -0.3 is 56.8 Å². The SMILES string of the molecule is C[C@H](NC(=O)[C@@H]1Cc2ccc(O)c(c2)-c2cc(ccc2OCCN)[C@H](N(C)C(=O)[C@H](CCCCN)NC(=O)c2ccc(-c3ccc(Cl)cc3)cc2)C(=O)N[C@@H](C)C(=O)N1)B1O[C@@H]2C[C@@H]3C[C@@H](C3(C)C)[C@]2(C)O1. The summed E-state index contributed by atoms with van der Waals surface area (Å²) in [5, 5.41) is 23.7. The summed E-state index contributed by atoms with van der Waals surface area (Å²) in [6.45, 7) is 10.6. The first-order valence-electron chi connectivity index (χ1n) is 25.0. The van der Waals surface area contributed by atoms with Crippen LogP contribution in [-0.2, 0) is 34.9 Å². The number of amides is 5. The second-order valence-electron chi connectivity index (χ2n) is 20.6. The molecule has 9 N–H and O–H groups in total. The molecule has 4 fully saturated rings. The molecule has 5 aliphatic rings. The molecule has 3 saturated carbocycles. The zero-order chi connectivity index (χ0) is 51.6. The molecule has 9 atom stereocenters. The largest absolute Gasteiger partial charge is 0.507 e. The zero-order valence-corrected chi connectivity index (χ0v) is 42.6. The van der Waals surface area contributed by atoms with E-state index in [2.05, 4.69) is 42.0 Å². The predicted octanol–water partition coefficient (Wildman–Crippen LogP) is 5.46. The second kappa shape index (κ2) is 21.6. The van der Waals surface area contributed by atoms with Gasteiger partial charge in [0.2, 0.25) is 23.6 Å². The number of fused-ring (bicyclic) bond motifs is 5. The van der Waals surface area contributed by atoms with E-state index in [9.17, 15) is 29.1 Å². The Morgan fingerprint density at radius 3 is 2.29 bits per heavy atom. The molecule has 0 spiro atoms. The fourth-order valence-electron chi connectivity index (χ4n) is 11.1. The molecule has 0 radical (unpaired) electrons. The standard InChI is InChI=1S/C54H67BClN7O9/c1-30-48(65)62-42(50(67)60-31(2)55-71-46-29-37-28-45(53(37,3)4)54(46,5)72-55)26-32-10-20-43(64)39(25-32)40-27-36(17-21-44(40)70-24-23-58)47(51(68)59-30)63(6)52(69)41(9-7-8-22-57)61-49(66)35-13-11-33(12-14-35)34-15-18-38(56)19-16-34/h10-21,25,27,30-31,37,41-42,45-47,64H,7-9,22-24,26,28-29,57-58H2,1-6H3,(H,59,68)(H,60,67)(H,61,66)(H,62,65)/t30-,31-,37-,41-,42-,45-,46+,47-,54-/m0/s1. The van der Waals surface area contributed by atoms with Crippen LogP contribution >= 0.6 is 11.6 Å². The Balaban J connectivity index is 1.08. The van der Waals surface area contributed by atoms with Gasteiger partial charge in [0, 0.05) is 41.7 Å². The lowest BCUT2D eigenvalue weighted by Gasteiger charge is -2.64. The molecule has 0 unspecified atom stereocenters. The Morgan fingerprint density at radius 2 is 1.61 bits per heavy atom. The van der Waals surface area contributed by atoms with Crippen LogP contribution in [0.25, 0.3) is 22.3 Å². The number of phenols is 1. The monoisotopic (exact) mass is 1000 g/mol. The van der Waals surface area contributed by atoms with Crippen LogP contribution in [0.4, 0.5) is 0 Å². The van der Waals surface area contributed by atoms with Crippen molar-refractivity contribution in [3.63, 3.8) is 0 Å². The fourth-order valence-corrected chi connectivity index (χ4v) is 11.3. The van der Waals surface area contributed by atoms with Crippen LogP contribution in [0, 0.1) is 17.3 Å². The number of hydrogen-bond acceptors (Lipinski definition) is 11. The molecule has 2 heterocycles. The maximum atomic E-state index is 14.8. The maximum absolute atomic E-state index is 14.8. The van der Waals surface area contributed by atoms with Gasteiger partial charge in [-0.2, -0.15) is 0 Å². The summed E-state index contributed by atoms with van der Waals surface area (Å²) in [7, 11) is 0.738. The number of unbranched alkanes of at least 4 members (excludes halogenated alkanes) is 1. The number of likely N-dealkylation sites (N-methyl/N-ethyl adjacent to an activating group) is 1. The minimum atomic E-state index is -1.38. The van der Waals surface area contributed by atoms with Crippen LogP contribution < -0.4 is 37.5 Å². The number of carbonyl (C=O) groups excluding carboxylic acids is 5. The lowest BCUT2D eigenvalue weighted by atomic mass is 9.43. The van der Waals surface area contributed by atoms with Gasteiger partial charge in [-0.05, 0) is 147 Å². The lowest BCUT2D eigenvalue weighted by molar-refractivity contribution is -0.199. The number of halogens is 1. The number of phenolic OH excluding ortho intramolecular Hbond substituents is 1. The Kier molecular flexibility index (Phi) is 15.7. The summed E-state index contributed by atoms with van der Waals surface area (Å²) in [4.78, 5) is 73.3. The van der Waals surface area contributed by atoms with E-state index in [-0.39, 0.29) is 43.3 Å². The van der Waals surface area contributed by atoms with Crippen molar-refractivity contribution in [3.8, 4) is 33.8 Å². The summed E-state index contributed by atoms with van der Waals surface area (Å²) in [6, 6.07) is 19.2. The number of benzene rings is 4. The van der Waals surface area contributed by atoms with Gasteiger partial charge in [0.25, 0.3) is 5.91 Å². The van der Waals surface area contributed by atoms with E-state index in [1.165, 1.54) is 24.9 Å². The van der Waals surface area contributed by atoms with Crippen LogP contribution in [0.5, 0.6) is 11.5 Å². The first-order chi connectivity index (χ1) is 34.3. The third-order valence-electron chi connectivity index (χ3n) is 15.5. The lowest BCUT2D eigenvalue weighted by Crippen LogP contribution is -2.65. The Bertz CT molecular complexity index is 2670. The molecular formula is C54H67BClN7O9. The highest BCUT2D eigenvalue weighted by atomic mass is 35.5. The molecule has 9 rings (SSSR count). The van der Waals surface area contributed by atoms with E-state index in [4.69, 9.17) is 37.1 Å². The molecule has 72 heavy (non-hydrogen) atoms. The molecule has 0 aromatic heterocycles. The van der Waals surface area contributed by atoms with Gasteiger partial charge in [0.1, 0.15) is 42.3 Å². The van der Waals surface area contributed by atoms with Crippen molar-refractivity contribution in [1.82, 2.24) is 26.2 Å². The number of ether oxygens (including phenoxy) is 1. The average Bonchev–Trinajstić information content (AvgIpc) is 3.73. The molecule has 2 aliphatic heterocycles. The van der Waals surface area contributed by atoms with Crippen molar-refractivity contribution in [1.29, 1.82) is 0 Å². The van der Waals surface area contributed by atoms with Crippen molar-refractivity contribution < 1.29 is 43.1 Å². The first kappa shape index (κ1) is 52.4. The third-order valence-corrected chi connectivity index (χ3v) is 15.7. The van der Waals surface area contributed by atoms with Gasteiger partial charge in [-0.25, -0.2) is 0 Å². The van der Waals surface area contributed by atoms with E-state index < -0.39 is 72.4 Å². The summed E-state index contributed by atoms with van der Waals surface area (Å²) >= 11 is 6.09. The third kappa shape index (κ3) is 10.7. The Labute approximate surface area is 426 Å². The quantitative estimate of drug-likeness (QED) is 0.0583. The van der Waals surface area contributed by atoms with Crippen molar-refractivity contribution in [3.05, 3.63) is 107 Å². The maximum Gasteiger partial charge on any atom is 0.481 e. The highest BCUT2D eigenvalue weighted by Crippen LogP contribution is 2.65. The molecule has 1 saturated heterocycles. The summed E-state index contributed by atoms with van der Waals surface area (Å²) in [5.41, 5.74) is 15.0. The number of nitrogens with zero attached hydrogens (tertiary/aromatic N) is 1. The van der Waals surface area contributed by atoms with Crippen LogP contribution in [-0.4, -0.2) is 109 Å². The summed E-state index contributed by atoms with van der Waals surface area (Å²) < 4.78 is 19.2. The van der Waals surface area contributed by atoms with Crippen molar-refractivity contribution in [2.75, 3.05) is 26.7 Å². The molecule has 16 nitrogen and oxygen atoms in total. The molecule has 5 amide bonds. The van der Waals surface area contributed by atoms with Gasteiger partial charge in [-0.1, -0.05) is 61.8 Å². The summed E-state index contributed by atoms with van der Waals surface area (Å²) in [6.07, 6.45) is 3.13. The molecule has 3 aliphatic carbocycles. The van der Waals surface area contributed by atoms with E-state index in [0.717, 1.165) is 24.0 Å². The van der Waals surface area contributed by atoms with Gasteiger partial charge in [0.05, 0.1) is 17.6 Å². The van der Waals surface area contributed by atoms with Crippen LogP contribution in [0.2, 0.25) is 5.02 Å². The fraction of sp³-hybridized carbons (Fsp3) is 0.463. The number of rotatable bonds is 15. The second-order valence-corrected chi connectivity index (χ2v) is 21.1. The Morgan fingerprint density at radius 1 is 0.903 bits per heavy atom. The van der Waals surface area contributed by atoms with Crippen LogP contribution in [0.1, 0.15) is 94.2 Å². The minimum absolute atomic E-state index is 0.00517. The van der Waals surface area contributed by atoms with E-state index >= 15 is 0 Å². The molecule has 382 valence electrons. The number of nitrogens with two attached hydrogens (primary N) is 2. The first-order valence-corrected chi connectivity index (χ1v) is 25.4. The normalized spacial score (nSPS) is 25.0. The molecule has 4 aromatic rings. The summed E-state index contributed by atoms with van der Waals surface area (Å²) in [5.74, 6) is -2.50. The number of hydrogen-bond donors (Lipinski definition) is 7. The Hall–Kier alpha value is -5.98. The van der Waals surface area contributed by atoms with Crippen LogP contribution in [0.15, 0.2) is 84.9 Å². The van der Waals surface area contributed by atoms with E-state index in [1.807, 2.05) is 19.1 Å². The van der Waals surface area contributed by atoms with Gasteiger partial charge in [0.15, 0.2) is 0 Å². The predicted molar refractivity (Wildman–Crippen MR) is 276 cm³/mol. The van der Waals surface area contributed by atoms with Crippen molar-refractivity contribution in [2.24, 2.45) is 28.7 Å². The highest BCUT2D eigenvalue weighted by Gasteiger charge is 2.68. The van der Waals surface area contributed by atoms with Gasteiger partial charge in [-0.3, -0.25) is 24.0 Å². The van der Waals surface area contributed by atoms with Crippen LogP contribution in [0.3, 0.4) is 0 Å². The molecule has 18 heteroatoms. The molecule has 6 bridgehead atoms.